The van der Waals surface area contributed by atoms with Crippen molar-refractivity contribution in [3.05, 3.63) is 64.9 Å². The van der Waals surface area contributed by atoms with Crippen molar-refractivity contribution in [1.82, 2.24) is 14.8 Å². The van der Waals surface area contributed by atoms with Crippen LogP contribution in [0.1, 0.15) is 16.2 Å². The van der Waals surface area contributed by atoms with Gasteiger partial charge in [-0.3, -0.25) is 4.79 Å². The molecule has 0 aliphatic rings. The quantitative estimate of drug-likeness (QED) is 0.525. The highest BCUT2D eigenvalue weighted by molar-refractivity contribution is 7.99. The zero-order valence-corrected chi connectivity index (χ0v) is 16.9. The summed E-state index contributed by atoms with van der Waals surface area (Å²) in [6.07, 6.45) is 0. The predicted octanol–water partition coefficient (Wildman–Crippen LogP) is 3.48. The third-order valence-corrected chi connectivity index (χ3v) is 5.18. The lowest BCUT2D eigenvalue weighted by Crippen LogP contribution is -2.15. The number of para-hydroxylation sites is 1. The van der Waals surface area contributed by atoms with E-state index in [0.29, 0.717) is 27.4 Å². The van der Waals surface area contributed by atoms with Crippen molar-refractivity contribution >= 4 is 40.9 Å². The van der Waals surface area contributed by atoms with E-state index in [1.807, 2.05) is 12.1 Å². The number of nitrogens with one attached hydrogen (secondary N) is 1. The van der Waals surface area contributed by atoms with Crippen molar-refractivity contribution in [3.63, 3.8) is 0 Å². The van der Waals surface area contributed by atoms with Gasteiger partial charge in [0.1, 0.15) is 12.4 Å². The molecule has 3 rings (SSSR count). The van der Waals surface area contributed by atoms with E-state index >= 15 is 0 Å². The fourth-order valence-corrected chi connectivity index (χ4v) is 3.28. The predicted molar refractivity (Wildman–Crippen MR) is 110 cm³/mol. The van der Waals surface area contributed by atoms with Gasteiger partial charge < -0.3 is 19.7 Å². The molecule has 2 aromatic carbocycles. The van der Waals surface area contributed by atoms with Crippen molar-refractivity contribution in [2.24, 2.45) is 7.05 Å². The topological polar surface area (TPSA) is 106 Å². The summed E-state index contributed by atoms with van der Waals surface area (Å²) < 4.78 is 7.40. The Hall–Kier alpha value is -3.04. The summed E-state index contributed by atoms with van der Waals surface area (Å²) in [5.41, 5.74) is 0.522. The molecule has 2 N–H and O–H groups in total. The molecule has 3 aromatic rings. The summed E-state index contributed by atoms with van der Waals surface area (Å²) in [4.78, 5) is 23.2. The number of amides is 1. The zero-order chi connectivity index (χ0) is 20.8. The van der Waals surface area contributed by atoms with Crippen LogP contribution in [-0.4, -0.2) is 37.5 Å². The number of ether oxygens (including phenoxy) is 1. The molecule has 8 nitrogen and oxygen atoms in total. The molecule has 0 spiro atoms. The molecule has 0 aliphatic heterocycles. The lowest BCUT2D eigenvalue weighted by molar-refractivity contribution is -0.113. The van der Waals surface area contributed by atoms with E-state index in [1.165, 1.54) is 23.9 Å². The first-order valence-corrected chi connectivity index (χ1v) is 9.82. The first-order chi connectivity index (χ1) is 13.9. The highest BCUT2D eigenvalue weighted by Gasteiger charge is 2.13. The van der Waals surface area contributed by atoms with Crippen LogP contribution in [0.4, 0.5) is 5.69 Å². The molecule has 0 aliphatic carbocycles. The fraction of sp³-hybridized carbons (Fsp3) is 0.158. The fourth-order valence-electron chi connectivity index (χ4n) is 2.36. The van der Waals surface area contributed by atoms with Crippen molar-refractivity contribution in [2.45, 2.75) is 11.8 Å². The number of halogens is 1. The lowest BCUT2D eigenvalue weighted by atomic mass is 10.2. The maximum Gasteiger partial charge on any atom is 0.335 e. The number of rotatable bonds is 8. The highest BCUT2D eigenvalue weighted by atomic mass is 35.5. The standard InChI is InChI=1S/C19H17ClN4O4S/c1-24-16(10-28-15-8-3-2-7-14(15)20)22-23-19(24)29-11-17(25)21-13-6-4-5-12(9-13)18(26)27/h2-9H,10-11H2,1H3,(H,21,25)(H,26,27). The number of aromatic nitrogens is 3. The van der Waals surface area contributed by atoms with Crippen LogP contribution in [-0.2, 0) is 18.4 Å². The van der Waals surface area contributed by atoms with Gasteiger partial charge in [-0.05, 0) is 30.3 Å². The summed E-state index contributed by atoms with van der Waals surface area (Å²) in [5, 5.41) is 20.9. The van der Waals surface area contributed by atoms with E-state index in [0.717, 1.165) is 0 Å². The van der Waals surface area contributed by atoms with Gasteiger partial charge in [-0.15, -0.1) is 10.2 Å². The molecular formula is C19H17ClN4O4S. The van der Waals surface area contributed by atoms with Crippen LogP contribution in [0, 0.1) is 0 Å². The van der Waals surface area contributed by atoms with Crippen molar-refractivity contribution in [1.29, 1.82) is 0 Å². The van der Waals surface area contributed by atoms with Crippen molar-refractivity contribution in [2.75, 3.05) is 11.1 Å². The smallest absolute Gasteiger partial charge is 0.335 e. The number of hydrogen-bond acceptors (Lipinski definition) is 6. The highest BCUT2D eigenvalue weighted by Crippen LogP contribution is 2.24. The summed E-state index contributed by atoms with van der Waals surface area (Å²) in [7, 11) is 1.78. The molecular weight excluding hydrogens is 416 g/mol. The molecule has 0 radical (unpaired) electrons. The number of benzene rings is 2. The van der Waals surface area contributed by atoms with E-state index in [9.17, 15) is 9.59 Å². The van der Waals surface area contributed by atoms with E-state index < -0.39 is 5.97 Å². The molecule has 0 bridgehead atoms. The van der Waals surface area contributed by atoms with Crippen LogP contribution < -0.4 is 10.1 Å². The summed E-state index contributed by atoms with van der Waals surface area (Å²) in [6, 6.07) is 13.2. The van der Waals surface area contributed by atoms with E-state index in [1.54, 1.807) is 35.9 Å². The SMILES string of the molecule is Cn1c(COc2ccccc2Cl)nnc1SCC(=O)Nc1cccc(C(=O)O)c1. The number of aromatic carboxylic acids is 1. The third-order valence-electron chi connectivity index (χ3n) is 3.84. The molecule has 1 aromatic heterocycles. The Morgan fingerprint density at radius 3 is 2.76 bits per heavy atom. The average Bonchev–Trinajstić information content (AvgIpc) is 3.05. The van der Waals surface area contributed by atoms with Crippen LogP contribution in [0.15, 0.2) is 53.7 Å². The summed E-state index contributed by atoms with van der Waals surface area (Å²) >= 11 is 7.27. The molecule has 1 heterocycles. The molecule has 10 heteroatoms. The van der Waals surface area contributed by atoms with E-state index in [2.05, 4.69) is 15.5 Å². The molecule has 0 saturated heterocycles. The number of carbonyl (C=O) groups excluding carboxylic acids is 1. The van der Waals surface area contributed by atoms with E-state index in [-0.39, 0.29) is 23.8 Å². The number of carboxylic acid groups (broad SMARTS) is 1. The number of carbonyl (C=O) groups is 2. The van der Waals surface area contributed by atoms with Gasteiger partial charge in [-0.1, -0.05) is 41.6 Å². The molecule has 1 amide bonds. The molecule has 0 saturated carbocycles. The second kappa shape index (κ2) is 9.44. The van der Waals surface area contributed by atoms with Crippen molar-refractivity contribution in [3.8, 4) is 5.75 Å². The number of hydrogen-bond donors (Lipinski definition) is 2. The Balaban J connectivity index is 1.54. The summed E-state index contributed by atoms with van der Waals surface area (Å²) in [6.45, 7) is 0.183. The largest absolute Gasteiger partial charge is 0.484 e. The van der Waals surface area contributed by atoms with Gasteiger partial charge in [0, 0.05) is 12.7 Å². The lowest BCUT2D eigenvalue weighted by Gasteiger charge is -2.08. The van der Waals surface area contributed by atoms with Gasteiger partial charge in [-0.25, -0.2) is 4.79 Å². The van der Waals surface area contributed by atoms with Gasteiger partial charge >= 0.3 is 5.97 Å². The molecule has 0 fully saturated rings. The maximum atomic E-state index is 12.2. The van der Waals surface area contributed by atoms with Crippen LogP contribution in [0.5, 0.6) is 5.75 Å². The van der Waals surface area contributed by atoms with E-state index in [4.69, 9.17) is 21.4 Å². The Bertz CT molecular complexity index is 1040. The Labute approximate surface area is 175 Å². The average molecular weight is 433 g/mol. The van der Waals surface area contributed by atoms with Crippen LogP contribution in [0.3, 0.4) is 0 Å². The number of anilines is 1. The Kier molecular flexibility index (Phi) is 6.73. The van der Waals surface area contributed by atoms with Crippen molar-refractivity contribution < 1.29 is 19.4 Å². The molecule has 0 unspecified atom stereocenters. The number of carboxylic acids is 1. The van der Waals surface area contributed by atoms with Gasteiger partial charge in [0.05, 0.1) is 16.3 Å². The van der Waals surface area contributed by atoms with Gasteiger partial charge in [-0.2, -0.15) is 0 Å². The molecule has 0 atom stereocenters. The minimum Gasteiger partial charge on any atom is -0.484 e. The minimum absolute atomic E-state index is 0.0919. The zero-order valence-electron chi connectivity index (χ0n) is 15.3. The maximum absolute atomic E-state index is 12.2. The second-order valence-electron chi connectivity index (χ2n) is 5.90. The number of thioether (sulfide) groups is 1. The third kappa shape index (κ3) is 5.49. The molecule has 150 valence electrons. The second-order valence-corrected chi connectivity index (χ2v) is 7.25. The van der Waals surface area contributed by atoms with Gasteiger partial charge in [0.2, 0.25) is 5.91 Å². The van der Waals surface area contributed by atoms with Crippen LogP contribution >= 0.6 is 23.4 Å². The Morgan fingerprint density at radius 1 is 1.21 bits per heavy atom. The normalized spacial score (nSPS) is 10.6. The first kappa shape index (κ1) is 20.7. The number of nitrogens with zero attached hydrogens (tertiary/aromatic N) is 3. The minimum atomic E-state index is -1.05. The molecule has 29 heavy (non-hydrogen) atoms. The first-order valence-electron chi connectivity index (χ1n) is 8.45. The Morgan fingerprint density at radius 2 is 2.00 bits per heavy atom. The summed E-state index contributed by atoms with van der Waals surface area (Å²) in [5.74, 6) is -0.110. The van der Waals surface area contributed by atoms with Crippen LogP contribution in [0.2, 0.25) is 5.02 Å². The van der Waals surface area contributed by atoms with Gasteiger partial charge in [0.15, 0.2) is 11.0 Å². The van der Waals surface area contributed by atoms with Gasteiger partial charge in [0.25, 0.3) is 0 Å². The van der Waals surface area contributed by atoms with Crippen LogP contribution in [0.25, 0.3) is 0 Å². The monoisotopic (exact) mass is 432 g/mol.